The maximum absolute atomic E-state index is 5.20. The van der Waals surface area contributed by atoms with Gasteiger partial charge in [-0.2, -0.15) is 0 Å². The minimum atomic E-state index is -0.194. The minimum absolute atomic E-state index is 0.0666. The van der Waals surface area contributed by atoms with Gasteiger partial charge in [0.1, 0.15) is 18.2 Å². The van der Waals surface area contributed by atoms with Crippen LogP contribution in [0.2, 0.25) is 0 Å². The van der Waals surface area contributed by atoms with Gasteiger partial charge in [-0.25, -0.2) is 4.99 Å². The van der Waals surface area contributed by atoms with Crippen LogP contribution in [0, 0.1) is 0 Å². The number of para-hydroxylation sites is 2. The van der Waals surface area contributed by atoms with Gasteiger partial charge in [0.2, 0.25) is 0 Å². The van der Waals surface area contributed by atoms with E-state index in [1.54, 1.807) is 0 Å². The summed E-state index contributed by atoms with van der Waals surface area (Å²) < 4.78 is 7.62. The Hall–Kier alpha value is -6.57. The van der Waals surface area contributed by atoms with Crippen LogP contribution >= 0.6 is 22.7 Å². The van der Waals surface area contributed by atoms with Gasteiger partial charge in [0.05, 0.1) is 21.4 Å². The molecule has 0 aliphatic carbocycles. The first-order valence-electron chi connectivity index (χ1n) is 19.3. The van der Waals surface area contributed by atoms with Crippen molar-refractivity contribution in [3.05, 3.63) is 199 Å². The highest BCUT2D eigenvalue weighted by atomic mass is 32.1. The molecule has 6 heteroatoms. The molecule has 2 N–H and O–H groups in total. The van der Waals surface area contributed by atoms with Gasteiger partial charge in [-0.15, -0.1) is 22.7 Å². The molecule has 0 spiro atoms. The molecule has 0 amide bonds. The zero-order valence-electron chi connectivity index (χ0n) is 30.7. The molecule has 270 valence electrons. The summed E-state index contributed by atoms with van der Waals surface area (Å²) in [4.78, 5) is 5.20. The van der Waals surface area contributed by atoms with E-state index in [-0.39, 0.29) is 12.3 Å². The van der Waals surface area contributed by atoms with Crippen LogP contribution in [0.4, 0.5) is 0 Å². The van der Waals surface area contributed by atoms with E-state index in [9.17, 15) is 0 Å². The third kappa shape index (κ3) is 5.33. The molecule has 4 heterocycles. The summed E-state index contributed by atoms with van der Waals surface area (Å²) in [6.07, 6.45) is -0.261. The summed E-state index contributed by atoms with van der Waals surface area (Å²) in [6, 6.07) is 66.0. The fourth-order valence-corrected chi connectivity index (χ4v) is 11.2. The van der Waals surface area contributed by atoms with Crippen LogP contribution in [0.5, 0.6) is 0 Å². The van der Waals surface area contributed by atoms with Gasteiger partial charge < -0.3 is 9.88 Å². The van der Waals surface area contributed by atoms with Crippen molar-refractivity contribution in [3.8, 4) is 16.8 Å². The predicted molar refractivity (Wildman–Crippen MR) is 243 cm³/mol. The second-order valence-corrected chi connectivity index (χ2v) is 16.9. The predicted octanol–water partition coefficient (Wildman–Crippen LogP) is 13.5. The number of fused-ring (bicyclic) bond motifs is 9. The van der Waals surface area contributed by atoms with Gasteiger partial charge in [0.25, 0.3) is 0 Å². The Morgan fingerprint density at radius 3 is 1.74 bits per heavy atom. The maximum atomic E-state index is 5.20. The van der Waals surface area contributed by atoms with Gasteiger partial charge in [-0.05, 0) is 58.7 Å². The lowest BCUT2D eigenvalue weighted by Crippen LogP contribution is -2.44. The molecule has 8 aromatic carbocycles. The first-order valence-corrected chi connectivity index (χ1v) is 21.0. The normalized spacial score (nSPS) is 15.9. The SMILES string of the molecule is c1ccc(C2=NC(c3ccc4c(c3)sc3cc(-c5ccc6c(c5)sc5c(-n7c8ccccc8c8ccccc87)cccc56)ccc34)NC(c3ccccc3)N2)cc1. The summed E-state index contributed by atoms with van der Waals surface area (Å²) in [5.41, 5.74) is 9.59. The Kier molecular flexibility index (Phi) is 7.45. The second kappa shape index (κ2) is 13.0. The number of amidine groups is 1. The molecule has 1 aliphatic rings. The number of hydrogen-bond acceptors (Lipinski definition) is 5. The van der Waals surface area contributed by atoms with Crippen molar-refractivity contribution in [1.82, 2.24) is 15.2 Å². The molecule has 1 aliphatic heterocycles. The molecule has 57 heavy (non-hydrogen) atoms. The van der Waals surface area contributed by atoms with Crippen molar-refractivity contribution >= 4 is 90.7 Å². The van der Waals surface area contributed by atoms with Crippen LogP contribution in [0.15, 0.2) is 187 Å². The van der Waals surface area contributed by atoms with Gasteiger partial charge in [-0.3, -0.25) is 5.32 Å². The van der Waals surface area contributed by atoms with E-state index in [4.69, 9.17) is 4.99 Å². The average Bonchev–Trinajstić information content (AvgIpc) is 3.95. The molecule has 0 radical (unpaired) electrons. The number of aliphatic imine (C=N–C) groups is 1. The van der Waals surface area contributed by atoms with E-state index in [1.807, 2.05) is 28.7 Å². The Morgan fingerprint density at radius 2 is 1.02 bits per heavy atom. The monoisotopic (exact) mass is 766 g/mol. The van der Waals surface area contributed by atoms with E-state index in [0.717, 1.165) is 17.0 Å². The van der Waals surface area contributed by atoms with E-state index >= 15 is 0 Å². The van der Waals surface area contributed by atoms with Crippen molar-refractivity contribution in [2.45, 2.75) is 12.3 Å². The highest BCUT2D eigenvalue weighted by Gasteiger charge is 2.26. The first-order chi connectivity index (χ1) is 28.2. The average molecular weight is 767 g/mol. The number of benzene rings is 8. The number of thiophene rings is 2. The molecular weight excluding hydrogens is 733 g/mol. The molecule has 3 aromatic heterocycles. The van der Waals surface area contributed by atoms with Crippen LogP contribution in [0.1, 0.15) is 29.0 Å². The summed E-state index contributed by atoms with van der Waals surface area (Å²) in [6.45, 7) is 0. The maximum Gasteiger partial charge on any atom is 0.131 e. The van der Waals surface area contributed by atoms with Gasteiger partial charge in [0, 0.05) is 52.0 Å². The Morgan fingerprint density at radius 1 is 0.439 bits per heavy atom. The topological polar surface area (TPSA) is 41.4 Å². The highest BCUT2D eigenvalue weighted by molar-refractivity contribution is 7.26. The summed E-state index contributed by atoms with van der Waals surface area (Å²) in [5, 5.41) is 15.2. The molecule has 0 fully saturated rings. The molecule has 0 saturated heterocycles. The zero-order valence-corrected chi connectivity index (χ0v) is 32.3. The van der Waals surface area contributed by atoms with Crippen LogP contribution in [-0.2, 0) is 0 Å². The number of nitrogens with zero attached hydrogens (tertiary/aromatic N) is 2. The van der Waals surface area contributed by atoms with Crippen molar-refractivity contribution in [3.63, 3.8) is 0 Å². The van der Waals surface area contributed by atoms with Crippen LogP contribution in [-0.4, -0.2) is 10.4 Å². The molecule has 4 nitrogen and oxygen atoms in total. The van der Waals surface area contributed by atoms with E-state index < -0.39 is 0 Å². The smallest absolute Gasteiger partial charge is 0.131 e. The van der Waals surface area contributed by atoms with Crippen LogP contribution in [0.3, 0.4) is 0 Å². The first kappa shape index (κ1) is 32.7. The van der Waals surface area contributed by atoms with Gasteiger partial charge in [-0.1, -0.05) is 146 Å². The van der Waals surface area contributed by atoms with E-state index in [0.29, 0.717) is 0 Å². The molecular formula is C51H34N4S2. The second-order valence-electron chi connectivity index (χ2n) is 14.8. The standard InChI is InChI=1S/C51H34N4S2/c1-3-12-31(13-4-1)49-52-50(32-14-5-2-6-15-32)54-51(53-49)35-24-27-39-38-25-22-33(28-45(38)56-46(39)30-35)34-23-26-40-41-18-11-21-44(48(41)57-47(40)29-34)55-42-19-9-7-16-36(42)37-17-8-10-20-43(37)55/h1-30,49,51,53H,(H,52,54). The summed E-state index contributed by atoms with van der Waals surface area (Å²) in [5.74, 6) is 0.896. The number of nitrogens with one attached hydrogen (secondary N) is 2. The quantitative estimate of drug-likeness (QED) is 0.183. The lowest BCUT2D eigenvalue weighted by molar-refractivity contribution is 0.409. The Bertz CT molecular complexity index is 3320. The number of rotatable bonds is 5. The molecule has 12 rings (SSSR count). The summed E-state index contributed by atoms with van der Waals surface area (Å²) >= 11 is 3.75. The zero-order chi connectivity index (χ0) is 37.5. The lowest BCUT2D eigenvalue weighted by Gasteiger charge is -2.32. The fourth-order valence-electron chi connectivity index (χ4n) is 8.75. The van der Waals surface area contributed by atoms with E-state index in [2.05, 4.69) is 191 Å². The van der Waals surface area contributed by atoms with Crippen molar-refractivity contribution in [1.29, 1.82) is 0 Å². The third-order valence-electron chi connectivity index (χ3n) is 11.5. The highest BCUT2D eigenvalue weighted by Crippen LogP contribution is 2.43. The van der Waals surface area contributed by atoms with Crippen molar-refractivity contribution in [2.24, 2.45) is 4.99 Å². The number of hydrogen-bond donors (Lipinski definition) is 2. The van der Waals surface area contributed by atoms with Gasteiger partial charge >= 0.3 is 0 Å². The van der Waals surface area contributed by atoms with E-state index in [1.165, 1.54) is 84.5 Å². The Labute approximate surface area is 337 Å². The fraction of sp³-hybridized carbons (Fsp3) is 0.0392. The largest absolute Gasteiger partial charge is 0.350 e. The van der Waals surface area contributed by atoms with Crippen LogP contribution < -0.4 is 10.6 Å². The van der Waals surface area contributed by atoms with Gasteiger partial charge in [0.15, 0.2) is 0 Å². The lowest BCUT2D eigenvalue weighted by atomic mass is 10.0. The molecule has 0 bridgehead atoms. The van der Waals surface area contributed by atoms with Crippen molar-refractivity contribution < 1.29 is 0 Å². The molecule has 2 atom stereocenters. The molecule has 11 aromatic rings. The summed E-state index contributed by atoms with van der Waals surface area (Å²) in [7, 11) is 0. The molecule has 2 unspecified atom stereocenters. The molecule has 0 saturated carbocycles. The third-order valence-corrected chi connectivity index (χ3v) is 13.8. The van der Waals surface area contributed by atoms with Crippen LogP contribution in [0.25, 0.3) is 79.0 Å². The minimum Gasteiger partial charge on any atom is -0.350 e. The Balaban J connectivity index is 0.919. The van der Waals surface area contributed by atoms with Crippen molar-refractivity contribution in [2.75, 3.05) is 0 Å². The number of aromatic nitrogens is 1.